The molecule has 3 aromatic rings. The molecule has 6 rings (SSSR count). The van der Waals surface area contributed by atoms with Gasteiger partial charge in [-0.2, -0.15) is 0 Å². The van der Waals surface area contributed by atoms with E-state index >= 15 is 0 Å². The molecule has 3 aliphatic rings. The predicted molar refractivity (Wildman–Crippen MR) is 127 cm³/mol. The zero-order valence-electron chi connectivity index (χ0n) is 18.4. The molecule has 0 aromatic heterocycles. The molecule has 2 unspecified atom stereocenters. The minimum Gasteiger partial charge on any atom is -0.375 e. The molecule has 0 radical (unpaired) electrons. The van der Waals surface area contributed by atoms with Crippen LogP contribution in [0.5, 0.6) is 0 Å². The van der Waals surface area contributed by atoms with Gasteiger partial charge in [0, 0.05) is 30.7 Å². The molecule has 0 bridgehead atoms. The fourth-order valence-corrected chi connectivity index (χ4v) is 6.24. The van der Waals surface area contributed by atoms with E-state index in [9.17, 15) is 14.7 Å². The third-order valence-corrected chi connectivity index (χ3v) is 7.71. The van der Waals surface area contributed by atoms with Crippen molar-refractivity contribution in [2.75, 3.05) is 18.0 Å². The topological polar surface area (TPSA) is 86.9 Å². The van der Waals surface area contributed by atoms with Crippen LogP contribution in [-0.2, 0) is 21.6 Å². The number of likely N-dealkylation sites (tertiary alicyclic amines) is 1. The van der Waals surface area contributed by atoms with Gasteiger partial charge in [-0.3, -0.25) is 14.5 Å². The van der Waals surface area contributed by atoms with Crippen LogP contribution in [0.4, 0.5) is 5.69 Å². The molecule has 6 nitrogen and oxygen atoms in total. The van der Waals surface area contributed by atoms with Crippen LogP contribution >= 0.6 is 0 Å². The maximum atomic E-state index is 13.4. The molecule has 2 amide bonds. The number of nitrogens with zero attached hydrogens (tertiary/aromatic N) is 2. The highest BCUT2D eigenvalue weighted by Crippen LogP contribution is 2.46. The van der Waals surface area contributed by atoms with Crippen LogP contribution in [0.15, 0.2) is 60.7 Å². The first-order valence-electron chi connectivity index (χ1n) is 11.7. The number of hydrogen-bond acceptors (Lipinski definition) is 4. The molecule has 33 heavy (non-hydrogen) atoms. The van der Waals surface area contributed by atoms with Crippen LogP contribution in [0.25, 0.3) is 10.8 Å². The van der Waals surface area contributed by atoms with Gasteiger partial charge in [-0.1, -0.05) is 54.6 Å². The summed E-state index contributed by atoms with van der Waals surface area (Å²) in [7, 11) is 0. The second kappa shape index (κ2) is 7.40. The molecule has 168 valence electrons. The molecule has 1 fully saturated rings. The van der Waals surface area contributed by atoms with Gasteiger partial charge in [-0.05, 0) is 47.2 Å². The lowest BCUT2D eigenvalue weighted by molar-refractivity contribution is -0.142. The average molecular weight is 442 g/mol. The van der Waals surface area contributed by atoms with Gasteiger partial charge in [0.05, 0.1) is 12.1 Å². The van der Waals surface area contributed by atoms with Gasteiger partial charge in [0.15, 0.2) is 5.60 Å². The largest absolute Gasteiger partial charge is 0.375 e. The normalized spacial score (nSPS) is 25.1. The number of fused-ring (bicyclic) bond motifs is 1. The summed E-state index contributed by atoms with van der Waals surface area (Å²) in [6.45, 7) is 1.75. The average Bonchev–Trinajstić information content (AvgIpc) is 3.29. The zero-order chi connectivity index (χ0) is 22.7. The molecule has 0 spiro atoms. The first-order valence-corrected chi connectivity index (χ1v) is 11.7. The van der Waals surface area contributed by atoms with E-state index in [1.807, 2.05) is 12.1 Å². The number of benzene rings is 3. The van der Waals surface area contributed by atoms with E-state index in [4.69, 9.17) is 5.73 Å². The molecule has 3 N–H and O–H groups in total. The summed E-state index contributed by atoms with van der Waals surface area (Å²) in [6, 6.07) is 20.7. The van der Waals surface area contributed by atoms with Gasteiger partial charge in [0.25, 0.3) is 5.91 Å². The lowest BCUT2D eigenvalue weighted by atomic mass is 9.91. The number of hydrogen-bond donors (Lipinski definition) is 2. The van der Waals surface area contributed by atoms with Crippen molar-refractivity contribution in [3.05, 3.63) is 77.4 Å². The molecular formula is C27H27N3O3. The molecular weight excluding hydrogens is 414 g/mol. The van der Waals surface area contributed by atoms with Gasteiger partial charge in [-0.25, -0.2) is 0 Å². The second-order valence-corrected chi connectivity index (χ2v) is 9.55. The predicted octanol–water partition coefficient (Wildman–Crippen LogP) is 3.01. The number of primary amides is 1. The molecule has 1 saturated heterocycles. The Balaban J connectivity index is 1.24. The molecule has 1 aliphatic carbocycles. The second-order valence-electron chi connectivity index (χ2n) is 9.55. The van der Waals surface area contributed by atoms with Gasteiger partial charge in [0.2, 0.25) is 5.91 Å². The summed E-state index contributed by atoms with van der Waals surface area (Å²) in [4.78, 5) is 29.3. The summed E-state index contributed by atoms with van der Waals surface area (Å²) < 4.78 is 0. The van der Waals surface area contributed by atoms with Gasteiger partial charge >= 0.3 is 0 Å². The standard InChI is InChI=1S/C27H27N3O3/c28-24(31)16-27(33)21-9-1-2-10-22(21)30(26(27)32)19-11-13-29(14-12-19)23-15-18-7-3-5-17-6-4-8-20(23)25(17)18/h1-10,19,23,33H,11-16H2,(H2,28,31). The molecule has 2 heterocycles. The maximum absolute atomic E-state index is 13.4. The van der Waals surface area contributed by atoms with Crippen molar-refractivity contribution in [2.45, 2.75) is 43.4 Å². The van der Waals surface area contributed by atoms with Crippen LogP contribution in [0.2, 0.25) is 0 Å². The Morgan fingerprint density at radius 2 is 1.76 bits per heavy atom. The SMILES string of the molecule is NC(=O)CC1(O)C(=O)N(C2CCN(C3Cc4cccc5cccc3c45)CC2)c2ccccc21. The highest BCUT2D eigenvalue weighted by Gasteiger charge is 2.52. The van der Waals surface area contributed by atoms with Crippen molar-refractivity contribution in [2.24, 2.45) is 5.73 Å². The summed E-state index contributed by atoms with van der Waals surface area (Å²) in [5.41, 5.74) is 7.50. The van der Waals surface area contributed by atoms with Crippen LogP contribution in [-0.4, -0.2) is 41.0 Å². The summed E-state index contributed by atoms with van der Waals surface area (Å²) in [6.07, 6.45) is 2.25. The Hall–Kier alpha value is -3.22. The van der Waals surface area contributed by atoms with E-state index in [1.54, 1.807) is 17.0 Å². The highest BCUT2D eigenvalue weighted by molar-refractivity contribution is 6.09. The molecule has 3 aromatic carbocycles. The van der Waals surface area contributed by atoms with Gasteiger partial charge < -0.3 is 15.7 Å². The van der Waals surface area contributed by atoms with Crippen molar-refractivity contribution < 1.29 is 14.7 Å². The van der Waals surface area contributed by atoms with Crippen molar-refractivity contribution in [1.29, 1.82) is 0 Å². The minimum absolute atomic E-state index is 0.0172. The zero-order valence-corrected chi connectivity index (χ0v) is 18.4. The van der Waals surface area contributed by atoms with Crippen LogP contribution < -0.4 is 10.6 Å². The van der Waals surface area contributed by atoms with Crippen molar-refractivity contribution in [1.82, 2.24) is 4.90 Å². The van der Waals surface area contributed by atoms with Crippen LogP contribution in [0, 0.1) is 0 Å². The van der Waals surface area contributed by atoms with Crippen molar-refractivity contribution in [3.63, 3.8) is 0 Å². The van der Waals surface area contributed by atoms with E-state index in [-0.39, 0.29) is 6.04 Å². The first kappa shape index (κ1) is 20.4. The van der Waals surface area contributed by atoms with Crippen molar-refractivity contribution >= 4 is 28.3 Å². The summed E-state index contributed by atoms with van der Waals surface area (Å²) >= 11 is 0. The van der Waals surface area contributed by atoms with Crippen molar-refractivity contribution in [3.8, 4) is 0 Å². The molecule has 0 saturated carbocycles. The smallest absolute Gasteiger partial charge is 0.264 e. The number of carbonyl (C=O) groups excluding carboxylic acids is 2. The Kier molecular flexibility index (Phi) is 4.57. The Labute approximate surface area is 192 Å². The maximum Gasteiger partial charge on any atom is 0.264 e. The third-order valence-electron chi connectivity index (χ3n) is 7.71. The lowest BCUT2D eigenvalue weighted by Gasteiger charge is -2.40. The highest BCUT2D eigenvalue weighted by atomic mass is 16.3. The van der Waals surface area contributed by atoms with E-state index < -0.39 is 23.8 Å². The number of aliphatic hydroxyl groups is 1. The number of piperidine rings is 1. The lowest BCUT2D eigenvalue weighted by Crippen LogP contribution is -2.51. The fraction of sp³-hybridized carbons (Fsp3) is 0.333. The first-order chi connectivity index (χ1) is 16.0. The number of para-hydroxylation sites is 1. The van der Waals surface area contributed by atoms with E-state index in [0.29, 0.717) is 17.3 Å². The van der Waals surface area contributed by atoms with Gasteiger partial charge in [0.1, 0.15) is 0 Å². The number of anilines is 1. The minimum atomic E-state index is -1.87. The quantitative estimate of drug-likeness (QED) is 0.652. The Morgan fingerprint density at radius 1 is 1.03 bits per heavy atom. The summed E-state index contributed by atoms with van der Waals surface area (Å²) in [5, 5.41) is 13.9. The third kappa shape index (κ3) is 3.01. The molecule has 2 atom stereocenters. The van der Waals surface area contributed by atoms with Crippen LogP contribution in [0.1, 0.15) is 42.0 Å². The van der Waals surface area contributed by atoms with E-state index in [2.05, 4.69) is 41.3 Å². The van der Waals surface area contributed by atoms with E-state index in [1.165, 1.54) is 21.9 Å². The number of carbonyl (C=O) groups is 2. The van der Waals surface area contributed by atoms with Gasteiger partial charge in [-0.15, -0.1) is 0 Å². The number of rotatable bonds is 4. The monoisotopic (exact) mass is 441 g/mol. The molecule has 2 aliphatic heterocycles. The van der Waals surface area contributed by atoms with E-state index in [0.717, 1.165) is 32.4 Å². The van der Waals surface area contributed by atoms with Crippen LogP contribution in [0.3, 0.4) is 0 Å². The Morgan fingerprint density at radius 3 is 2.52 bits per heavy atom. The Bertz CT molecular complexity index is 1280. The number of amides is 2. The molecule has 6 heteroatoms. The number of nitrogens with two attached hydrogens (primary N) is 1. The fourth-order valence-electron chi connectivity index (χ4n) is 6.24. The summed E-state index contributed by atoms with van der Waals surface area (Å²) in [5.74, 6) is -1.12.